The molecule has 2 aliphatic rings. The Morgan fingerprint density at radius 3 is 2.31 bits per heavy atom. The van der Waals surface area contributed by atoms with E-state index in [4.69, 9.17) is 0 Å². The highest BCUT2D eigenvalue weighted by atomic mass is 16.2. The maximum absolute atomic E-state index is 13.1. The third-order valence-electron chi connectivity index (χ3n) is 4.30. The summed E-state index contributed by atoms with van der Waals surface area (Å²) in [4.78, 5) is 27.3. The minimum absolute atomic E-state index is 0.282. The minimum Gasteiger partial charge on any atom is -0.280 e. The van der Waals surface area contributed by atoms with Crippen LogP contribution in [-0.2, 0) is 0 Å². The van der Waals surface area contributed by atoms with Crippen LogP contribution in [0.25, 0.3) is 0 Å². The van der Waals surface area contributed by atoms with Crippen LogP contribution in [0.4, 0.5) is 10.5 Å². The zero-order valence-corrected chi connectivity index (χ0v) is 13.9. The lowest BCUT2D eigenvalue weighted by Gasteiger charge is -2.20. The maximum Gasteiger partial charge on any atom is 0.348 e. The van der Waals surface area contributed by atoms with Gasteiger partial charge in [0.05, 0.1) is 11.7 Å². The summed E-state index contributed by atoms with van der Waals surface area (Å²) in [6.07, 6.45) is 9.44. The smallest absolute Gasteiger partial charge is 0.280 e. The number of para-hydroxylation sites is 1. The molecular weight excluding hydrogens is 326 g/mol. The molecule has 1 saturated heterocycles. The molecule has 1 N–H and O–H groups in total. The van der Waals surface area contributed by atoms with Crippen LogP contribution in [0.3, 0.4) is 0 Å². The SMILES string of the molecule is O=C(NN1C(=O)N(c2ccccc2)C2C=CC=CC=C21)c1ccccc1. The van der Waals surface area contributed by atoms with Crippen molar-refractivity contribution in [3.8, 4) is 0 Å². The topological polar surface area (TPSA) is 52.7 Å². The van der Waals surface area contributed by atoms with E-state index in [1.165, 1.54) is 5.01 Å². The fourth-order valence-electron chi connectivity index (χ4n) is 3.07. The quantitative estimate of drug-likeness (QED) is 0.925. The van der Waals surface area contributed by atoms with Gasteiger partial charge in [0.1, 0.15) is 0 Å². The van der Waals surface area contributed by atoms with Crippen LogP contribution in [0.15, 0.2) is 96.7 Å². The van der Waals surface area contributed by atoms with Gasteiger partial charge >= 0.3 is 6.03 Å². The van der Waals surface area contributed by atoms with Crippen molar-refractivity contribution in [3.05, 3.63) is 102 Å². The van der Waals surface area contributed by atoms with Gasteiger partial charge in [-0.25, -0.2) is 9.80 Å². The number of rotatable bonds is 3. The van der Waals surface area contributed by atoms with Gasteiger partial charge < -0.3 is 0 Å². The van der Waals surface area contributed by atoms with Gasteiger partial charge in [0.2, 0.25) is 0 Å². The van der Waals surface area contributed by atoms with Crippen LogP contribution >= 0.6 is 0 Å². The molecule has 1 atom stereocenters. The summed E-state index contributed by atoms with van der Waals surface area (Å²) in [6, 6.07) is 17.7. The van der Waals surface area contributed by atoms with Gasteiger partial charge in [0, 0.05) is 11.3 Å². The van der Waals surface area contributed by atoms with E-state index in [1.54, 1.807) is 29.2 Å². The highest BCUT2D eigenvalue weighted by Gasteiger charge is 2.42. The Bertz CT molecular complexity index is 917. The monoisotopic (exact) mass is 343 g/mol. The second kappa shape index (κ2) is 6.72. The van der Waals surface area contributed by atoms with Gasteiger partial charge in [-0.05, 0) is 30.3 Å². The van der Waals surface area contributed by atoms with Crippen LogP contribution in [0, 0.1) is 0 Å². The van der Waals surface area contributed by atoms with Crippen molar-refractivity contribution in [1.82, 2.24) is 10.4 Å². The number of nitrogens with one attached hydrogen (secondary N) is 1. The number of nitrogens with zero attached hydrogens (tertiary/aromatic N) is 2. The van der Waals surface area contributed by atoms with Crippen LogP contribution in [0.5, 0.6) is 0 Å². The molecule has 1 fully saturated rings. The van der Waals surface area contributed by atoms with Gasteiger partial charge in [0.25, 0.3) is 5.91 Å². The summed E-state index contributed by atoms with van der Waals surface area (Å²) in [5, 5.41) is 1.33. The Kier molecular flexibility index (Phi) is 4.11. The number of benzene rings is 2. The van der Waals surface area contributed by atoms with Crippen molar-refractivity contribution in [2.24, 2.45) is 0 Å². The molecule has 1 unspecified atom stereocenters. The Morgan fingerprint density at radius 2 is 1.58 bits per heavy atom. The number of anilines is 1. The van der Waals surface area contributed by atoms with Crippen LogP contribution in [0.1, 0.15) is 10.4 Å². The first-order valence-electron chi connectivity index (χ1n) is 8.35. The Balaban J connectivity index is 1.69. The maximum atomic E-state index is 13.1. The molecule has 2 aromatic carbocycles. The van der Waals surface area contributed by atoms with E-state index in [-0.39, 0.29) is 18.0 Å². The van der Waals surface area contributed by atoms with Crippen LogP contribution in [0.2, 0.25) is 0 Å². The van der Waals surface area contributed by atoms with Crippen molar-refractivity contribution >= 4 is 17.6 Å². The molecule has 1 heterocycles. The largest absolute Gasteiger partial charge is 0.348 e. The van der Waals surface area contributed by atoms with Gasteiger partial charge in [-0.3, -0.25) is 15.1 Å². The van der Waals surface area contributed by atoms with Crippen molar-refractivity contribution in [2.75, 3.05) is 4.90 Å². The number of hydrazine groups is 1. The summed E-state index contributed by atoms with van der Waals surface area (Å²) in [5.74, 6) is -0.328. The lowest BCUT2D eigenvalue weighted by molar-refractivity contribution is 0.0872. The first-order valence-corrected chi connectivity index (χ1v) is 8.35. The van der Waals surface area contributed by atoms with Crippen molar-refractivity contribution in [2.45, 2.75) is 6.04 Å². The molecule has 3 amide bonds. The molecule has 0 bridgehead atoms. The Hall–Kier alpha value is -3.60. The van der Waals surface area contributed by atoms with Gasteiger partial charge in [-0.1, -0.05) is 60.7 Å². The summed E-state index contributed by atoms with van der Waals surface area (Å²) < 4.78 is 0. The molecule has 1 aliphatic carbocycles. The first kappa shape index (κ1) is 15.9. The second-order valence-corrected chi connectivity index (χ2v) is 5.94. The number of hydrogen-bond acceptors (Lipinski definition) is 2. The van der Waals surface area contributed by atoms with Gasteiger partial charge in [-0.2, -0.15) is 0 Å². The summed E-state index contributed by atoms with van der Waals surface area (Å²) in [7, 11) is 0. The summed E-state index contributed by atoms with van der Waals surface area (Å²) in [5.41, 5.74) is 4.71. The molecular formula is C21H17N3O2. The molecule has 1 aliphatic heterocycles. The summed E-state index contributed by atoms with van der Waals surface area (Å²) in [6.45, 7) is 0. The van der Waals surface area contributed by atoms with E-state index in [1.807, 2.05) is 66.8 Å². The second-order valence-electron chi connectivity index (χ2n) is 5.94. The highest BCUT2D eigenvalue weighted by Crippen LogP contribution is 2.32. The van der Waals surface area contributed by atoms with E-state index in [0.29, 0.717) is 11.3 Å². The van der Waals surface area contributed by atoms with Crippen LogP contribution < -0.4 is 10.3 Å². The van der Waals surface area contributed by atoms with Crippen molar-refractivity contribution in [3.63, 3.8) is 0 Å². The zero-order valence-electron chi connectivity index (χ0n) is 13.9. The Labute approximate surface area is 151 Å². The van der Waals surface area contributed by atoms with Crippen molar-refractivity contribution in [1.29, 1.82) is 0 Å². The first-order chi connectivity index (χ1) is 12.8. The van der Waals surface area contributed by atoms with E-state index in [0.717, 1.165) is 5.69 Å². The predicted molar refractivity (Wildman–Crippen MR) is 100 cm³/mol. The molecule has 0 aromatic heterocycles. The molecule has 5 nitrogen and oxygen atoms in total. The number of hydrogen-bond donors (Lipinski definition) is 1. The average Bonchev–Trinajstić information content (AvgIpc) is 2.83. The van der Waals surface area contributed by atoms with E-state index in [9.17, 15) is 9.59 Å². The average molecular weight is 343 g/mol. The fourth-order valence-corrected chi connectivity index (χ4v) is 3.07. The standard InChI is InChI=1S/C21H17N3O2/c25-20(16-10-4-1-5-11-16)22-24-19-15-9-3-8-14-18(19)23(21(24)26)17-12-6-2-7-13-17/h1-15,18H,(H,22,25). The number of urea groups is 1. The van der Waals surface area contributed by atoms with Gasteiger partial charge in [-0.15, -0.1) is 0 Å². The molecule has 4 rings (SSSR count). The number of carbonyl (C=O) groups is 2. The molecule has 2 aromatic rings. The third-order valence-corrected chi connectivity index (χ3v) is 4.30. The van der Waals surface area contributed by atoms with Crippen LogP contribution in [-0.4, -0.2) is 23.0 Å². The molecule has 26 heavy (non-hydrogen) atoms. The van der Waals surface area contributed by atoms with E-state index >= 15 is 0 Å². The normalized spacial score (nSPS) is 18.4. The molecule has 0 radical (unpaired) electrons. The predicted octanol–water partition coefficient (Wildman–Crippen LogP) is 3.65. The van der Waals surface area contributed by atoms with Crippen molar-refractivity contribution < 1.29 is 9.59 Å². The number of amides is 3. The molecule has 5 heteroatoms. The molecule has 0 saturated carbocycles. The third kappa shape index (κ3) is 2.80. The number of carbonyl (C=O) groups excluding carboxylic acids is 2. The molecule has 0 spiro atoms. The molecule has 128 valence electrons. The van der Waals surface area contributed by atoms with E-state index in [2.05, 4.69) is 5.43 Å². The minimum atomic E-state index is -0.328. The van der Waals surface area contributed by atoms with E-state index < -0.39 is 0 Å². The highest BCUT2D eigenvalue weighted by molar-refractivity contribution is 6.02. The number of fused-ring (bicyclic) bond motifs is 1. The Morgan fingerprint density at radius 1 is 0.885 bits per heavy atom. The lowest BCUT2D eigenvalue weighted by atomic mass is 10.1. The zero-order chi connectivity index (χ0) is 17.9. The number of allylic oxidation sites excluding steroid dienone is 4. The summed E-state index contributed by atoms with van der Waals surface area (Å²) >= 11 is 0. The fraction of sp³-hybridized carbons (Fsp3) is 0.0476. The lowest BCUT2D eigenvalue weighted by Crippen LogP contribution is -2.44. The van der Waals surface area contributed by atoms with Gasteiger partial charge in [0.15, 0.2) is 0 Å².